The fourth-order valence-electron chi connectivity index (χ4n) is 2.45. The molecule has 100 valence electrons. The van der Waals surface area contributed by atoms with Gasteiger partial charge in [0.15, 0.2) is 0 Å². The van der Waals surface area contributed by atoms with Gasteiger partial charge < -0.3 is 14.6 Å². The van der Waals surface area contributed by atoms with Crippen LogP contribution in [0.1, 0.15) is 24.5 Å². The molecule has 0 amide bonds. The third kappa shape index (κ3) is 2.79. The molecule has 2 rings (SSSR count). The van der Waals surface area contributed by atoms with Crippen LogP contribution < -0.4 is 4.74 Å². The summed E-state index contributed by atoms with van der Waals surface area (Å²) in [6, 6.07) is 3.81. The Morgan fingerprint density at radius 3 is 2.94 bits per heavy atom. The highest BCUT2D eigenvalue weighted by Gasteiger charge is 2.23. The van der Waals surface area contributed by atoms with E-state index in [1.807, 2.05) is 19.1 Å². The number of methoxy groups -OCH3 is 1. The molecule has 1 aliphatic heterocycles. The second-order valence-electron chi connectivity index (χ2n) is 4.61. The van der Waals surface area contributed by atoms with Crippen LogP contribution in [0.25, 0.3) is 0 Å². The molecular formula is C14H19ClO3. The summed E-state index contributed by atoms with van der Waals surface area (Å²) in [5.74, 6) is 0.893. The highest BCUT2D eigenvalue weighted by molar-refractivity contribution is 6.30. The first-order valence-corrected chi connectivity index (χ1v) is 6.68. The largest absolute Gasteiger partial charge is 0.493 e. The summed E-state index contributed by atoms with van der Waals surface area (Å²) in [7, 11) is 1.62. The molecule has 1 aromatic rings. The molecule has 0 bridgehead atoms. The van der Waals surface area contributed by atoms with Gasteiger partial charge in [-0.05, 0) is 29.7 Å². The van der Waals surface area contributed by atoms with E-state index in [2.05, 4.69) is 0 Å². The molecule has 0 fully saturated rings. The Hall–Kier alpha value is -0.770. The lowest BCUT2D eigenvalue weighted by atomic mass is 9.99. The number of halogens is 1. The first-order chi connectivity index (χ1) is 8.65. The Labute approximate surface area is 113 Å². The van der Waals surface area contributed by atoms with E-state index in [0.717, 1.165) is 29.7 Å². The van der Waals surface area contributed by atoms with E-state index < -0.39 is 6.10 Å². The van der Waals surface area contributed by atoms with Gasteiger partial charge >= 0.3 is 0 Å². The van der Waals surface area contributed by atoms with Crippen LogP contribution in [0.5, 0.6) is 5.75 Å². The zero-order valence-corrected chi connectivity index (χ0v) is 11.5. The van der Waals surface area contributed by atoms with Gasteiger partial charge in [0, 0.05) is 25.0 Å². The Bertz CT molecular complexity index is 416. The third-order valence-corrected chi connectivity index (χ3v) is 3.61. The maximum Gasteiger partial charge on any atom is 0.126 e. The van der Waals surface area contributed by atoms with Crippen molar-refractivity contribution in [2.24, 2.45) is 0 Å². The van der Waals surface area contributed by atoms with E-state index in [9.17, 15) is 5.11 Å². The number of rotatable bonds is 5. The van der Waals surface area contributed by atoms with Crippen LogP contribution in [-0.2, 0) is 17.6 Å². The van der Waals surface area contributed by atoms with Gasteiger partial charge in [-0.1, -0.05) is 18.5 Å². The average molecular weight is 271 g/mol. The average Bonchev–Trinajstić information content (AvgIpc) is 2.78. The monoisotopic (exact) mass is 270 g/mol. The number of ether oxygens (including phenoxy) is 2. The zero-order valence-electron chi connectivity index (χ0n) is 10.8. The molecule has 1 aromatic carbocycles. The molecule has 0 radical (unpaired) electrons. The van der Waals surface area contributed by atoms with E-state index in [1.54, 1.807) is 7.11 Å². The van der Waals surface area contributed by atoms with Crippen LogP contribution in [0, 0.1) is 0 Å². The number of aliphatic hydroxyl groups excluding tert-OH is 1. The number of aliphatic hydroxyl groups is 1. The molecule has 0 spiro atoms. The van der Waals surface area contributed by atoms with Crippen molar-refractivity contribution in [1.29, 1.82) is 0 Å². The fourth-order valence-corrected chi connectivity index (χ4v) is 2.71. The summed E-state index contributed by atoms with van der Waals surface area (Å²) in [5, 5.41) is 10.9. The molecule has 2 unspecified atom stereocenters. The molecular weight excluding hydrogens is 252 g/mol. The molecule has 0 aliphatic carbocycles. The van der Waals surface area contributed by atoms with Crippen LogP contribution in [0.4, 0.5) is 0 Å². The van der Waals surface area contributed by atoms with Gasteiger partial charge in [0.2, 0.25) is 0 Å². The van der Waals surface area contributed by atoms with Crippen molar-refractivity contribution in [2.45, 2.75) is 38.4 Å². The second kappa shape index (κ2) is 5.91. The zero-order chi connectivity index (χ0) is 13.1. The quantitative estimate of drug-likeness (QED) is 0.894. The number of benzene rings is 1. The van der Waals surface area contributed by atoms with E-state index in [1.165, 1.54) is 0 Å². The number of hydrogen-bond acceptors (Lipinski definition) is 3. The lowest BCUT2D eigenvalue weighted by molar-refractivity contribution is -0.0130. The fraction of sp³-hybridized carbons (Fsp3) is 0.571. The Kier molecular flexibility index (Phi) is 4.49. The van der Waals surface area contributed by atoms with E-state index in [-0.39, 0.29) is 6.10 Å². The Morgan fingerprint density at radius 1 is 1.50 bits per heavy atom. The van der Waals surface area contributed by atoms with Crippen molar-refractivity contribution < 1.29 is 14.6 Å². The van der Waals surface area contributed by atoms with Gasteiger partial charge in [-0.2, -0.15) is 0 Å². The summed E-state index contributed by atoms with van der Waals surface area (Å²) in [5.41, 5.74) is 2.10. The highest BCUT2D eigenvalue weighted by Crippen LogP contribution is 2.34. The van der Waals surface area contributed by atoms with Gasteiger partial charge in [0.25, 0.3) is 0 Å². The standard InChI is InChI=1S/C14H19ClO3/c1-3-13(17-2)12(16)8-10-7-11(15)6-9-4-5-18-14(9)10/h6-7,12-13,16H,3-5,8H2,1-2H3. The SMILES string of the molecule is CCC(OC)C(O)Cc1cc(Cl)cc2c1OCC2. The summed E-state index contributed by atoms with van der Waals surface area (Å²) in [4.78, 5) is 0. The minimum atomic E-state index is -0.535. The molecule has 18 heavy (non-hydrogen) atoms. The summed E-state index contributed by atoms with van der Waals surface area (Å²) < 4.78 is 10.9. The minimum Gasteiger partial charge on any atom is -0.493 e. The number of hydrogen-bond donors (Lipinski definition) is 1. The lowest BCUT2D eigenvalue weighted by Gasteiger charge is -2.21. The van der Waals surface area contributed by atoms with E-state index in [0.29, 0.717) is 18.1 Å². The summed E-state index contributed by atoms with van der Waals surface area (Å²) in [6.45, 7) is 2.69. The normalized spacial score (nSPS) is 17.1. The van der Waals surface area contributed by atoms with E-state index in [4.69, 9.17) is 21.1 Å². The van der Waals surface area contributed by atoms with Crippen molar-refractivity contribution in [3.8, 4) is 5.75 Å². The van der Waals surface area contributed by atoms with Crippen molar-refractivity contribution in [2.75, 3.05) is 13.7 Å². The van der Waals surface area contributed by atoms with Crippen LogP contribution in [-0.4, -0.2) is 31.0 Å². The molecule has 3 nitrogen and oxygen atoms in total. The first kappa shape index (κ1) is 13.7. The summed E-state index contributed by atoms with van der Waals surface area (Å²) >= 11 is 6.09. The van der Waals surface area contributed by atoms with Gasteiger partial charge in [-0.25, -0.2) is 0 Å². The van der Waals surface area contributed by atoms with Crippen LogP contribution in [0.15, 0.2) is 12.1 Å². The van der Waals surface area contributed by atoms with E-state index >= 15 is 0 Å². The highest BCUT2D eigenvalue weighted by atomic mass is 35.5. The Balaban J connectivity index is 2.19. The van der Waals surface area contributed by atoms with Crippen molar-refractivity contribution in [3.63, 3.8) is 0 Å². The predicted octanol–water partition coefficient (Wildman–Crippen LogP) is 2.60. The van der Waals surface area contributed by atoms with Crippen molar-refractivity contribution >= 4 is 11.6 Å². The molecule has 4 heteroatoms. The predicted molar refractivity (Wildman–Crippen MR) is 71.4 cm³/mol. The maximum absolute atomic E-state index is 10.2. The maximum atomic E-state index is 10.2. The second-order valence-corrected chi connectivity index (χ2v) is 5.04. The van der Waals surface area contributed by atoms with Gasteiger partial charge in [-0.3, -0.25) is 0 Å². The topological polar surface area (TPSA) is 38.7 Å². The molecule has 1 heterocycles. The van der Waals surface area contributed by atoms with Gasteiger partial charge in [0.1, 0.15) is 5.75 Å². The molecule has 0 saturated heterocycles. The third-order valence-electron chi connectivity index (χ3n) is 3.39. The molecule has 2 atom stereocenters. The first-order valence-electron chi connectivity index (χ1n) is 6.30. The smallest absolute Gasteiger partial charge is 0.126 e. The molecule has 1 N–H and O–H groups in total. The van der Waals surface area contributed by atoms with Crippen molar-refractivity contribution in [3.05, 3.63) is 28.3 Å². The summed E-state index contributed by atoms with van der Waals surface area (Å²) in [6.07, 6.45) is 1.49. The molecule has 0 saturated carbocycles. The van der Waals surface area contributed by atoms with Crippen LogP contribution >= 0.6 is 11.6 Å². The number of fused-ring (bicyclic) bond motifs is 1. The minimum absolute atomic E-state index is 0.152. The van der Waals surface area contributed by atoms with Crippen LogP contribution in [0.2, 0.25) is 5.02 Å². The van der Waals surface area contributed by atoms with Gasteiger partial charge in [-0.15, -0.1) is 0 Å². The van der Waals surface area contributed by atoms with Crippen LogP contribution in [0.3, 0.4) is 0 Å². The van der Waals surface area contributed by atoms with Crippen molar-refractivity contribution in [1.82, 2.24) is 0 Å². The van der Waals surface area contributed by atoms with Gasteiger partial charge in [0.05, 0.1) is 18.8 Å². The molecule has 1 aliphatic rings. The lowest BCUT2D eigenvalue weighted by Crippen LogP contribution is -2.29. The molecule has 0 aromatic heterocycles. The Morgan fingerprint density at radius 2 is 2.28 bits per heavy atom.